The fourth-order valence-corrected chi connectivity index (χ4v) is 2.54. The third-order valence-electron chi connectivity index (χ3n) is 2.45. The van der Waals surface area contributed by atoms with E-state index in [1.54, 1.807) is 0 Å². The van der Waals surface area contributed by atoms with Gasteiger partial charge in [-0.1, -0.05) is 22.6 Å². The van der Waals surface area contributed by atoms with E-state index in [1.165, 1.54) is 0 Å². The highest BCUT2D eigenvalue weighted by molar-refractivity contribution is 14.1. The van der Waals surface area contributed by atoms with E-state index in [-0.39, 0.29) is 11.7 Å². The van der Waals surface area contributed by atoms with Gasteiger partial charge in [-0.3, -0.25) is 0 Å². The zero-order chi connectivity index (χ0) is 11.5. The highest BCUT2D eigenvalue weighted by atomic mass is 127. The molecule has 0 bridgehead atoms. The Morgan fingerprint density at radius 2 is 2.20 bits per heavy atom. The van der Waals surface area contributed by atoms with Gasteiger partial charge in [0, 0.05) is 17.0 Å². The van der Waals surface area contributed by atoms with Crippen LogP contribution in [0.4, 0.5) is 4.79 Å². The van der Waals surface area contributed by atoms with Gasteiger partial charge in [0.05, 0.1) is 0 Å². The standard InChI is InChI=1S/C11H20INO2/c1-11(2,3)15-10(14)13-8-4-5-9(13)6-7-12/h9H,4-8H2,1-3H3. The SMILES string of the molecule is CC(C)(C)OC(=O)N1CCCC1CCI. The van der Waals surface area contributed by atoms with Crippen molar-refractivity contribution in [1.29, 1.82) is 0 Å². The molecule has 1 fully saturated rings. The van der Waals surface area contributed by atoms with Gasteiger partial charge >= 0.3 is 6.09 Å². The molecule has 0 spiro atoms. The lowest BCUT2D eigenvalue weighted by Gasteiger charge is -2.28. The van der Waals surface area contributed by atoms with Crippen molar-refractivity contribution < 1.29 is 9.53 Å². The molecule has 0 saturated carbocycles. The minimum Gasteiger partial charge on any atom is -0.444 e. The van der Waals surface area contributed by atoms with Gasteiger partial charge < -0.3 is 9.64 Å². The number of amides is 1. The van der Waals surface area contributed by atoms with Gasteiger partial charge in [0.2, 0.25) is 0 Å². The summed E-state index contributed by atoms with van der Waals surface area (Å²) in [5.74, 6) is 0. The Hall–Kier alpha value is 0. The molecule has 0 aromatic rings. The van der Waals surface area contributed by atoms with Gasteiger partial charge in [-0.15, -0.1) is 0 Å². The molecule has 1 rings (SSSR count). The van der Waals surface area contributed by atoms with Gasteiger partial charge in [0.25, 0.3) is 0 Å². The number of carbonyl (C=O) groups excluding carboxylic acids is 1. The Morgan fingerprint density at radius 3 is 2.73 bits per heavy atom. The molecule has 4 heteroatoms. The van der Waals surface area contributed by atoms with Gasteiger partial charge in [-0.2, -0.15) is 0 Å². The molecular weight excluding hydrogens is 305 g/mol. The number of likely N-dealkylation sites (tertiary alicyclic amines) is 1. The molecular formula is C11H20INO2. The molecule has 88 valence electrons. The van der Waals surface area contributed by atoms with Gasteiger partial charge in [-0.25, -0.2) is 4.79 Å². The van der Waals surface area contributed by atoms with Crippen LogP contribution >= 0.6 is 22.6 Å². The first-order chi connectivity index (χ1) is 6.94. The molecule has 1 aliphatic heterocycles. The molecule has 1 aliphatic rings. The second-order valence-corrected chi connectivity index (χ2v) is 6.03. The van der Waals surface area contributed by atoms with Crippen LogP contribution in [0.2, 0.25) is 0 Å². The molecule has 1 unspecified atom stereocenters. The summed E-state index contributed by atoms with van der Waals surface area (Å²) >= 11 is 2.36. The summed E-state index contributed by atoms with van der Waals surface area (Å²) in [7, 11) is 0. The Balaban J connectivity index is 2.51. The van der Waals surface area contributed by atoms with Gasteiger partial charge in [0.1, 0.15) is 5.60 Å². The molecule has 1 amide bonds. The van der Waals surface area contributed by atoms with Crippen molar-refractivity contribution in [1.82, 2.24) is 4.90 Å². The topological polar surface area (TPSA) is 29.5 Å². The second kappa shape index (κ2) is 5.37. The summed E-state index contributed by atoms with van der Waals surface area (Å²) < 4.78 is 6.48. The van der Waals surface area contributed by atoms with Crippen LogP contribution in [0.5, 0.6) is 0 Å². The Bertz CT molecular complexity index is 225. The number of rotatable bonds is 2. The molecule has 0 aliphatic carbocycles. The summed E-state index contributed by atoms with van der Waals surface area (Å²) in [6.07, 6.45) is 3.18. The first kappa shape index (κ1) is 13.1. The van der Waals surface area contributed by atoms with Gasteiger partial charge in [0.15, 0.2) is 0 Å². The molecule has 0 N–H and O–H groups in total. The monoisotopic (exact) mass is 325 g/mol. The molecule has 1 atom stereocenters. The van der Waals surface area contributed by atoms with Crippen molar-refractivity contribution >= 4 is 28.7 Å². The summed E-state index contributed by atoms with van der Waals surface area (Å²) in [6, 6.07) is 0.400. The Kier molecular flexibility index (Phi) is 4.67. The van der Waals surface area contributed by atoms with Crippen molar-refractivity contribution in [3.05, 3.63) is 0 Å². The number of nitrogens with zero attached hydrogens (tertiary/aromatic N) is 1. The first-order valence-corrected chi connectivity index (χ1v) is 7.02. The summed E-state index contributed by atoms with van der Waals surface area (Å²) in [6.45, 7) is 6.59. The highest BCUT2D eigenvalue weighted by Crippen LogP contribution is 2.23. The van der Waals surface area contributed by atoms with Crippen LogP contribution < -0.4 is 0 Å². The van der Waals surface area contributed by atoms with E-state index < -0.39 is 0 Å². The molecule has 1 saturated heterocycles. The van der Waals surface area contributed by atoms with Crippen molar-refractivity contribution in [2.75, 3.05) is 11.0 Å². The minimum absolute atomic E-state index is 0.144. The van der Waals surface area contributed by atoms with Crippen LogP contribution in [0.3, 0.4) is 0 Å². The highest BCUT2D eigenvalue weighted by Gasteiger charge is 2.31. The third-order valence-corrected chi connectivity index (χ3v) is 3.07. The molecule has 15 heavy (non-hydrogen) atoms. The number of hydrogen-bond acceptors (Lipinski definition) is 2. The molecule has 0 radical (unpaired) electrons. The molecule has 1 heterocycles. The number of alkyl halides is 1. The summed E-state index contributed by atoms with van der Waals surface area (Å²) in [5.41, 5.74) is -0.380. The van der Waals surface area contributed by atoms with Gasteiger partial charge in [-0.05, 0) is 40.0 Å². The maximum Gasteiger partial charge on any atom is 0.410 e. The van der Waals surface area contributed by atoms with E-state index in [2.05, 4.69) is 22.6 Å². The zero-order valence-electron chi connectivity index (χ0n) is 9.75. The normalized spacial score (nSPS) is 21.9. The number of carbonyl (C=O) groups is 1. The average molecular weight is 325 g/mol. The van der Waals surface area contributed by atoms with E-state index in [0.29, 0.717) is 6.04 Å². The lowest BCUT2D eigenvalue weighted by atomic mass is 10.2. The van der Waals surface area contributed by atoms with E-state index in [9.17, 15) is 4.79 Å². The first-order valence-electron chi connectivity index (χ1n) is 5.49. The number of halogens is 1. The third kappa shape index (κ3) is 4.17. The molecule has 3 nitrogen and oxygen atoms in total. The van der Waals surface area contributed by atoms with E-state index in [1.807, 2.05) is 25.7 Å². The van der Waals surface area contributed by atoms with Crippen LogP contribution in [0.1, 0.15) is 40.0 Å². The minimum atomic E-state index is -0.380. The van der Waals surface area contributed by atoms with Crippen molar-refractivity contribution in [3.63, 3.8) is 0 Å². The molecule has 0 aromatic heterocycles. The van der Waals surface area contributed by atoms with Crippen molar-refractivity contribution in [3.8, 4) is 0 Å². The molecule has 0 aromatic carbocycles. The van der Waals surface area contributed by atoms with Crippen molar-refractivity contribution in [2.45, 2.75) is 51.7 Å². The fraction of sp³-hybridized carbons (Fsp3) is 0.909. The maximum atomic E-state index is 11.8. The number of hydrogen-bond donors (Lipinski definition) is 0. The van der Waals surface area contributed by atoms with Crippen molar-refractivity contribution in [2.24, 2.45) is 0 Å². The largest absolute Gasteiger partial charge is 0.444 e. The second-order valence-electron chi connectivity index (χ2n) is 4.95. The van der Waals surface area contributed by atoms with Crippen LogP contribution in [0, 0.1) is 0 Å². The quantitative estimate of drug-likeness (QED) is 0.576. The Labute approximate surface area is 106 Å². The number of ether oxygens (including phenoxy) is 1. The smallest absolute Gasteiger partial charge is 0.410 e. The summed E-state index contributed by atoms with van der Waals surface area (Å²) in [4.78, 5) is 13.7. The van der Waals surface area contributed by atoms with Crippen LogP contribution in [-0.2, 0) is 4.74 Å². The average Bonchev–Trinajstić information content (AvgIpc) is 2.49. The lowest BCUT2D eigenvalue weighted by molar-refractivity contribution is 0.0225. The van der Waals surface area contributed by atoms with Crippen LogP contribution in [0.25, 0.3) is 0 Å². The zero-order valence-corrected chi connectivity index (χ0v) is 11.9. The van der Waals surface area contributed by atoms with Crippen LogP contribution in [-0.4, -0.2) is 33.6 Å². The van der Waals surface area contributed by atoms with Crippen LogP contribution in [0.15, 0.2) is 0 Å². The van der Waals surface area contributed by atoms with E-state index >= 15 is 0 Å². The lowest BCUT2D eigenvalue weighted by Crippen LogP contribution is -2.39. The summed E-state index contributed by atoms with van der Waals surface area (Å²) in [5, 5.41) is 0. The predicted molar refractivity (Wildman–Crippen MR) is 69.5 cm³/mol. The predicted octanol–water partition coefficient (Wildman–Crippen LogP) is 3.21. The van der Waals surface area contributed by atoms with E-state index in [0.717, 1.165) is 30.2 Å². The fourth-order valence-electron chi connectivity index (χ4n) is 1.82. The maximum absolute atomic E-state index is 11.8. The Morgan fingerprint density at radius 1 is 1.53 bits per heavy atom. The van der Waals surface area contributed by atoms with E-state index in [4.69, 9.17) is 4.74 Å².